The monoisotopic (exact) mass is 202 g/mol. The average Bonchev–Trinajstić information content (AvgIpc) is 2.84. The molecule has 0 amide bonds. The van der Waals surface area contributed by atoms with Crippen LogP contribution in [0.4, 0.5) is 0 Å². The van der Waals surface area contributed by atoms with Crippen molar-refractivity contribution in [1.29, 1.82) is 0 Å². The Bertz CT molecular complexity index is 409. The number of hydrogen-bond acceptors (Lipinski definition) is 2. The Hall–Kier alpha value is -1.31. The highest BCUT2D eigenvalue weighted by Gasteiger charge is 2.28. The molecule has 1 aliphatic heterocycles. The lowest BCUT2D eigenvalue weighted by Gasteiger charge is -2.12. The van der Waals surface area contributed by atoms with Gasteiger partial charge in [-0.2, -0.15) is 0 Å². The van der Waals surface area contributed by atoms with Gasteiger partial charge in [0, 0.05) is 19.3 Å². The van der Waals surface area contributed by atoms with E-state index in [1.54, 1.807) is 0 Å². The van der Waals surface area contributed by atoms with Gasteiger partial charge in [-0.05, 0) is 23.5 Å². The SMILES string of the molecule is O=C1CCC(c2cccc3c2OCC3)C1. The first kappa shape index (κ1) is 8.96. The number of rotatable bonds is 1. The van der Waals surface area contributed by atoms with Crippen LogP contribution in [0.2, 0.25) is 0 Å². The van der Waals surface area contributed by atoms with Crippen LogP contribution in [0.5, 0.6) is 5.75 Å². The second-order valence-electron chi connectivity index (χ2n) is 4.41. The molecule has 1 unspecified atom stereocenters. The number of benzene rings is 1. The van der Waals surface area contributed by atoms with Gasteiger partial charge in [0.15, 0.2) is 0 Å². The molecule has 78 valence electrons. The Morgan fingerprint density at radius 1 is 1.27 bits per heavy atom. The van der Waals surface area contributed by atoms with Crippen molar-refractivity contribution in [3.63, 3.8) is 0 Å². The van der Waals surface area contributed by atoms with E-state index < -0.39 is 0 Å². The zero-order chi connectivity index (χ0) is 10.3. The Morgan fingerprint density at radius 2 is 2.20 bits per heavy atom. The number of carbonyl (C=O) groups excluding carboxylic acids is 1. The van der Waals surface area contributed by atoms with Gasteiger partial charge in [0.25, 0.3) is 0 Å². The standard InChI is InChI=1S/C13H14O2/c14-11-5-4-10(8-11)12-3-1-2-9-6-7-15-13(9)12/h1-3,10H,4-8H2. The number of fused-ring (bicyclic) bond motifs is 1. The number of para-hydroxylation sites is 1. The minimum Gasteiger partial charge on any atom is -0.493 e. The minimum atomic E-state index is 0.399. The van der Waals surface area contributed by atoms with Gasteiger partial charge < -0.3 is 4.74 Å². The van der Waals surface area contributed by atoms with Crippen LogP contribution in [-0.2, 0) is 11.2 Å². The zero-order valence-corrected chi connectivity index (χ0v) is 8.66. The van der Waals surface area contributed by atoms with Crippen molar-refractivity contribution in [2.45, 2.75) is 31.6 Å². The fourth-order valence-corrected chi connectivity index (χ4v) is 2.64. The first-order valence-corrected chi connectivity index (χ1v) is 5.61. The molecule has 0 spiro atoms. The van der Waals surface area contributed by atoms with Crippen LogP contribution >= 0.6 is 0 Å². The highest BCUT2D eigenvalue weighted by atomic mass is 16.5. The fourth-order valence-electron chi connectivity index (χ4n) is 2.64. The Morgan fingerprint density at radius 3 is 3.00 bits per heavy atom. The maximum atomic E-state index is 11.3. The van der Waals surface area contributed by atoms with Gasteiger partial charge in [0.1, 0.15) is 11.5 Å². The van der Waals surface area contributed by atoms with Gasteiger partial charge in [-0.1, -0.05) is 18.2 Å². The molecule has 1 aromatic rings. The lowest BCUT2D eigenvalue weighted by Crippen LogP contribution is -1.97. The first-order chi connectivity index (χ1) is 7.34. The number of ether oxygens (including phenoxy) is 1. The van der Waals surface area contributed by atoms with Crippen LogP contribution in [-0.4, -0.2) is 12.4 Å². The largest absolute Gasteiger partial charge is 0.493 e. The summed E-state index contributed by atoms with van der Waals surface area (Å²) in [6.07, 6.45) is 3.47. The maximum Gasteiger partial charge on any atom is 0.133 e. The van der Waals surface area contributed by atoms with Gasteiger partial charge in [0.05, 0.1) is 6.61 Å². The lowest BCUT2D eigenvalue weighted by molar-refractivity contribution is -0.117. The van der Waals surface area contributed by atoms with Crippen molar-refractivity contribution in [3.05, 3.63) is 29.3 Å². The second-order valence-corrected chi connectivity index (χ2v) is 4.41. The predicted octanol–water partition coefficient (Wildman–Crippen LogP) is 2.46. The van der Waals surface area contributed by atoms with E-state index in [-0.39, 0.29) is 0 Å². The molecule has 0 N–H and O–H groups in total. The molecule has 0 bridgehead atoms. The molecule has 0 radical (unpaired) electrons. The van der Waals surface area contributed by atoms with Gasteiger partial charge in [-0.15, -0.1) is 0 Å². The van der Waals surface area contributed by atoms with Crippen LogP contribution in [0.3, 0.4) is 0 Å². The Labute approximate surface area is 89.2 Å². The van der Waals surface area contributed by atoms with Crippen LogP contribution in [0, 0.1) is 0 Å². The first-order valence-electron chi connectivity index (χ1n) is 5.61. The Balaban J connectivity index is 1.98. The smallest absolute Gasteiger partial charge is 0.133 e. The average molecular weight is 202 g/mol. The number of carbonyl (C=O) groups is 1. The quantitative estimate of drug-likeness (QED) is 0.699. The van der Waals surface area contributed by atoms with Crippen LogP contribution in [0.1, 0.15) is 36.3 Å². The molecule has 15 heavy (non-hydrogen) atoms. The van der Waals surface area contributed by atoms with Crippen LogP contribution in [0.25, 0.3) is 0 Å². The molecule has 1 fully saturated rings. The maximum absolute atomic E-state index is 11.3. The van der Waals surface area contributed by atoms with Crippen molar-refractivity contribution in [2.75, 3.05) is 6.61 Å². The topological polar surface area (TPSA) is 26.3 Å². The molecular formula is C13H14O2. The summed E-state index contributed by atoms with van der Waals surface area (Å²) in [5.41, 5.74) is 2.57. The van der Waals surface area contributed by atoms with Gasteiger partial charge >= 0.3 is 0 Å². The molecule has 3 rings (SSSR count). The minimum absolute atomic E-state index is 0.399. The predicted molar refractivity (Wildman–Crippen MR) is 57.2 cm³/mol. The van der Waals surface area contributed by atoms with E-state index in [1.165, 1.54) is 11.1 Å². The van der Waals surface area contributed by atoms with Crippen molar-refractivity contribution < 1.29 is 9.53 Å². The third-order valence-corrected chi connectivity index (χ3v) is 3.43. The molecule has 0 aromatic heterocycles. The summed E-state index contributed by atoms with van der Waals surface area (Å²) < 4.78 is 5.67. The van der Waals surface area contributed by atoms with E-state index in [0.717, 1.165) is 31.6 Å². The van der Waals surface area contributed by atoms with Crippen molar-refractivity contribution in [1.82, 2.24) is 0 Å². The lowest BCUT2D eigenvalue weighted by atomic mass is 9.94. The molecule has 1 aromatic carbocycles. The molecule has 2 nitrogen and oxygen atoms in total. The third-order valence-electron chi connectivity index (χ3n) is 3.43. The number of Topliss-reactive ketones (excluding diaryl/α,β-unsaturated/α-hetero) is 1. The van der Waals surface area contributed by atoms with E-state index in [0.29, 0.717) is 18.1 Å². The summed E-state index contributed by atoms with van der Waals surface area (Å²) in [6.45, 7) is 0.799. The highest BCUT2D eigenvalue weighted by molar-refractivity contribution is 5.82. The summed E-state index contributed by atoms with van der Waals surface area (Å²) in [7, 11) is 0. The van der Waals surface area contributed by atoms with Gasteiger partial charge in [0.2, 0.25) is 0 Å². The molecule has 2 aliphatic rings. The normalized spacial score (nSPS) is 24.0. The third kappa shape index (κ3) is 1.44. The molecule has 0 saturated heterocycles. The number of ketones is 1. The summed E-state index contributed by atoms with van der Waals surface area (Å²) >= 11 is 0. The summed E-state index contributed by atoms with van der Waals surface area (Å²) in [5, 5.41) is 0. The van der Waals surface area contributed by atoms with Crippen molar-refractivity contribution >= 4 is 5.78 Å². The van der Waals surface area contributed by atoms with Crippen molar-refractivity contribution in [2.24, 2.45) is 0 Å². The molecular weight excluding hydrogens is 188 g/mol. The van der Waals surface area contributed by atoms with Crippen LogP contribution < -0.4 is 4.74 Å². The molecule has 1 aliphatic carbocycles. The van der Waals surface area contributed by atoms with E-state index >= 15 is 0 Å². The highest BCUT2D eigenvalue weighted by Crippen LogP contribution is 2.40. The fraction of sp³-hybridized carbons (Fsp3) is 0.462. The molecule has 1 atom stereocenters. The zero-order valence-electron chi connectivity index (χ0n) is 8.66. The summed E-state index contributed by atoms with van der Waals surface area (Å²) in [6, 6.07) is 6.33. The van der Waals surface area contributed by atoms with E-state index in [4.69, 9.17) is 4.74 Å². The molecule has 2 heteroatoms. The van der Waals surface area contributed by atoms with E-state index in [9.17, 15) is 4.79 Å². The van der Waals surface area contributed by atoms with Crippen LogP contribution in [0.15, 0.2) is 18.2 Å². The van der Waals surface area contributed by atoms with E-state index in [2.05, 4.69) is 18.2 Å². The van der Waals surface area contributed by atoms with Gasteiger partial charge in [-0.3, -0.25) is 4.79 Å². The second kappa shape index (κ2) is 3.37. The Kier molecular flexibility index (Phi) is 2.01. The van der Waals surface area contributed by atoms with Crippen molar-refractivity contribution in [3.8, 4) is 5.75 Å². The molecule has 1 heterocycles. The number of hydrogen-bond donors (Lipinski definition) is 0. The molecule has 1 saturated carbocycles. The summed E-state index contributed by atoms with van der Waals surface area (Å²) in [4.78, 5) is 11.3. The summed E-state index contributed by atoms with van der Waals surface area (Å²) in [5.74, 6) is 1.87. The van der Waals surface area contributed by atoms with Gasteiger partial charge in [-0.25, -0.2) is 0 Å². The van der Waals surface area contributed by atoms with E-state index in [1.807, 2.05) is 0 Å².